The highest BCUT2D eigenvalue weighted by molar-refractivity contribution is 5.76. The first kappa shape index (κ1) is 14.8. The second kappa shape index (κ2) is 7.24. The van der Waals surface area contributed by atoms with Crippen LogP contribution in [0.4, 0.5) is 4.39 Å². The molecule has 1 heterocycles. The van der Waals surface area contributed by atoms with Crippen molar-refractivity contribution < 1.29 is 13.9 Å². The minimum absolute atomic E-state index is 0.162. The number of hydrogen-bond donors (Lipinski definition) is 0. The van der Waals surface area contributed by atoms with E-state index in [2.05, 4.69) is 11.9 Å². The summed E-state index contributed by atoms with van der Waals surface area (Å²) < 4.78 is 18.6. The average molecular weight is 280 g/mol. The highest BCUT2D eigenvalue weighted by Crippen LogP contribution is 2.15. The van der Waals surface area contributed by atoms with Crippen molar-refractivity contribution in [3.05, 3.63) is 30.1 Å². The maximum absolute atomic E-state index is 13.3. The topological polar surface area (TPSA) is 32.8 Å². The summed E-state index contributed by atoms with van der Waals surface area (Å²) in [7, 11) is 2.06. The van der Waals surface area contributed by atoms with Gasteiger partial charge in [0.1, 0.15) is 0 Å². The van der Waals surface area contributed by atoms with Crippen LogP contribution in [0.2, 0.25) is 0 Å². The van der Waals surface area contributed by atoms with Gasteiger partial charge in [-0.3, -0.25) is 4.79 Å². The Kier molecular flexibility index (Phi) is 5.35. The zero-order valence-electron chi connectivity index (χ0n) is 11.8. The molecule has 20 heavy (non-hydrogen) atoms. The van der Waals surface area contributed by atoms with Crippen molar-refractivity contribution in [1.82, 2.24) is 9.80 Å². The van der Waals surface area contributed by atoms with E-state index in [9.17, 15) is 9.18 Å². The number of halogens is 1. The van der Waals surface area contributed by atoms with Crippen LogP contribution >= 0.6 is 0 Å². The van der Waals surface area contributed by atoms with Crippen LogP contribution in [0, 0.1) is 5.82 Å². The lowest BCUT2D eigenvalue weighted by Crippen LogP contribution is -2.47. The summed E-state index contributed by atoms with van der Waals surface area (Å²) in [6, 6.07) is 6.31. The molecule has 1 aliphatic rings. The SMILES string of the molecule is CN1CCN(C(=O)CCCOc2ccccc2F)CC1. The molecule has 110 valence electrons. The molecule has 0 aromatic heterocycles. The molecule has 1 aliphatic heterocycles. The number of piperazine rings is 1. The Labute approximate surface area is 119 Å². The van der Waals surface area contributed by atoms with Gasteiger partial charge in [-0.05, 0) is 25.6 Å². The van der Waals surface area contributed by atoms with Crippen molar-refractivity contribution in [2.24, 2.45) is 0 Å². The number of benzene rings is 1. The van der Waals surface area contributed by atoms with Gasteiger partial charge < -0.3 is 14.5 Å². The summed E-state index contributed by atoms with van der Waals surface area (Å²) in [5.74, 6) is 0.0488. The summed E-state index contributed by atoms with van der Waals surface area (Å²) in [5.41, 5.74) is 0. The predicted octanol–water partition coefficient (Wildman–Crippen LogP) is 1.76. The minimum Gasteiger partial charge on any atom is -0.491 e. The van der Waals surface area contributed by atoms with E-state index in [1.165, 1.54) is 6.07 Å². The van der Waals surface area contributed by atoms with Crippen LogP contribution < -0.4 is 4.74 Å². The number of ether oxygens (including phenoxy) is 1. The molecule has 4 nitrogen and oxygen atoms in total. The van der Waals surface area contributed by atoms with Crippen LogP contribution in [0.1, 0.15) is 12.8 Å². The first-order chi connectivity index (χ1) is 9.66. The lowest BCUT2D eigenvalue weighted by Gasteiger charge is -2.32. The average Bonchev–Trinajstić information content (AvgIpc) is 2.46. The van der Waals surface area contributed by atoms with Gasteiger partial charge in [-0.25, -0.2) is 4.39 Å². The molecule has 5 heteroatoms. The van der Waals surface area contributed by atoms with Crippen LogP contribution in [-0.4, -0.2) is 55.5 Å². The zero-order valence-corrected chi connectivity index (χ0v) is 11.8. The number of likely N-dealkylation sites (N-methyl/N-ethyl adjacent to an activating group) is 1. The summed E-state index contributed by atoms with van der Waals surface area (Å²) in [6.45, 7) is 3.81. The van der Waals surface area contributed by atoms with E-state index in [1.54, 1.807) is 18.2 Å². The van der Waals surface area contributed by atoms with Crippen molar-refractivity contribution in [3.8, 4) is 5.75 Å². The number of nitrogens with zero attached hydrogens (tertiary/aromatic N) is 2. The minimum atomic E-state index is -0.363. The van der Waals surface area contributed by atoms with Gasteiger partial charge in [-0.1, -0.05) is 12.1 Å². The quantitative estimate of drug-likeness (QED) is 0.771. The molecule has 0 unspecified atom stereocenters. The van der Waals surface area contributed by atoms with Gasteiger partial charge >= 0.3 is 0 Å². The molecule has 1 aromatic rings. The molecule has 0 radical (unpaired) electrons. The highest BCUT2D eigenvalue weighted by Gasteiger charge is 2.18. The van der Waals surface area contributed by atoms with Crippen LogP contribution in [0.5, 0.6) is 5.75 Å². The maximum atomic E-state index is 13.3. The third-order valence-corrected chi connectivity index (χ3v) is 3.49. The fraction of sp³-hybridized carbons (Fsp3) is 0.533. The van der Waals surface area contributed by atoms with Crippen molar-refractivity contribution in [2.45, 2.75) is 12.8 Å². The third kappa shape index (κ3) is 4.20. The van der Waals surface area contributed by atoms with Gasteiger partial charge in [0.05, 0.1) is 6.61 Å². The van der Waals surface area contributed by atoms with E-state index >= 15 is 0 Å². The molecule has 0 saturated carbocycles. The Bertz CT molecular complexity index is 445. The normalized spacial score (nSPS) is 16.2. The number of carbonyl (C=O) groups excluding carboxylic acids is 1. The fourth-order valence-corrected chi connectivity index (χ4v) is 2.18. The Hall–Kier alpha value is -1.62. The first-order valence-electron chi connectivity index (χ1n) is 7.00. The molecular weight excluding hydrogens is 259 g/mol. The third-order valence-electron chi connectivity index (χ3n) is 3.49. The summed E-state index contributed by atoms with van der Waals surface area (Å²) in [6.07, 6.45) is 1.07. The molecule has 0 atom stereocenters. The molecule has 0 spiro atoms. The van der Waals surface area contributed by atoms with E-state index in [4.69, 9.17) is 4.74 Å². The first-order valence-corrected chi connectivity index (χ1v) is 7.00. The fourth-order valence-electron chi connectivity index (χ4n) is 2.18. The van der Waals surface area contributed by atoms with Crippen molar-refractivity contribution in [2.75, 3.05) is 39.8 Å². The highest BCUT2D eigenvalue weighted by atomic mass is 19.1. The van der Waals surface area contributed by atoms with E-state index in [-0.39, 0.29) is 17.5 Å². The number of hydrogen-bond acceptors (Lipinski definition) is 3. The number of para-hydroxylation sites is 1. The number of amides is 1. The lowest BCUT2D eigenvalue weighted by molar-refractivity contribution is -0.133. The predicted molar refractivity (Wildman–Crippen MR) is 75.2 cm³/mol. The smallest absolute Gasteiger partial charge is 0.222 e. The Morgan fingerprint density at radius 2 is 1.95 bits per heavy atom. The molecule has 1 amide bonds. The molecule has 2 rings (SSSR count). The lowest BCUT2D eigenvalue weighted by atomic mass is 10.2. The molecule has 0 aliphatic carbocycles. The van der Waals surface area contributed by atoms with Crippen LogP contribution in [0.3, 0.4) is 0 Å². The summed E-state index contributed by atoms with van der Waals surface area (Å²) >= 11 is 0. The molecule has 0 bridgehead atoms. The van der Waals surface area contributed by atoms with Gasteiger partial charge in [-0.2, -0.15) is 0 Å². The molecular formula is C15H21FN2O2. The largest absolute Gasteiger partial charge is 0.491 e. The summed E-state index contributed by atoms with van der Waals surface area (Å²) in [4.78, 5) is 16.1. The van der Waals surface area contributed by atoms with Crippen molar-refractivity contribution in [1.29, 1.82) is 0 Å². The standard InChI is InChI=1S/C15H21FN2O2/c1-17-8-10-18(11-9-17)15(19)7-4-12-20-14-6-3-2-5-13(14)16/h2-3,5-6H,4,7-12H2,1H3. The summed E-state index contributed by atoms with van der Waals surface area (Å²) in [5, 5.41) is 0. The van der Waals surface area contributed by atoms with Gasteiger partial charge in [0, 0.05) is 32.6 Å². The van der Waals surface area contributed by atoms with E-state index in [0.717, 1.165) is 26.2 Å². The molecule has 0 N–H and O–H groups in total. The van der Waals surface area contributed by atoms with Gasteiger partial charge in [0.15, 0.2) is 11.6 Å². The van der Waals surface area contributed by atoms with Gasteiger partial charge in [-0.15, -0.1) is 0 Å². The van der Waals surface area contributed by atoms with Gasteiger partial charge in [0.2, 0.25) is 5.91 Å². The second-order valence-corrected chi connectivity index (χ2v) is 5.07. The van der Waals surface area contributed by atoms with E-state index in [0.29, 0.717) is 19.4 Å². The van der Waals surface area contributed by atoms with Gasteiger partial charge in [0.25, 0.3) is 0 Å². The van der Waals surface area contributed by atoms with Crippen LogP contribution in [-0.2, 0) is 4.79 Å². The number of carbonyl (C=O) groups is 1. The molecule has 1 fully saturated rings. The Morgan fingerprint density at radius 1 is 1.25 bits per heavy atom. The second-order valence-electron chi connectivity index (χ2n) is 5.07. The maximum Gasteiger partial charge on any atom is 0.222 e. The van der Waals surface area contributed by atoms with Crippen LogP contribution in [0.15, 0.2) is 24.3 Å². The molecule has 1 aromatic carbocycles. The number of rotatable bonds is 5. The Balaban J connectivity index is 1.66. The monoisotopic (exact) mass is 280 g/mol. The van der Waals surface area contributed by atoms with Crippen LogP contribution in [0.25, 0.3) is 0 Å². The van der Waals surface area contributed by atoms with Crippen molar-refractivity contribution in [3.63, 3.8) is 0 Å². The van der Waals surface area contributed by atoms with E-state index < -0.39 is 0 Å². The van der Waals surface area contributed by atoms with Crippen molar-refractivity contribution >= 4 is 5.91 Å². The Morgan fingerprint density at radius 3 is 2.65 bits per heavy atom. The molecule has 1 saturated heterocycles. The van der Waals surface area contributed by atoms with E-state index in [1.807, 2.05) is 4.90 Å². The zero-order chi connectivity index (χ0) is 14.4.